The summed E-state index contributed by atoms with van der Waals surface area (Å²) in [6.45, 7) is 5.48. The highest BCUT2D eigenvalue weighted by molar-refractivity contribution is 4.96. The Morgan fingerprint density at radius 1 is 0.781 bits per heavy atom. The average molecular weight is 465 g/mol. The third kappa shape index (κ3) is 5.28. The van der Waals surface area contributed by atoms with Gasteiger partial charge in [0.1, 0.15) is 24.4 Å². The van der Waals surface area contributed by atoms with Gasteiger partial charge in [-0.25, -0.2) is 0 Å². The first-order valence-corrected chi connectivity index (χ1v) is 11.5. The molecule has 0 radical (unpaired) electrons. The first kappa shape index (κ1) is 26.2. The highest BCUT2D eigenvalue weighted by Gasteiger charge is 2.49. The molecule has 32 heavy (non-hydrogen) atoms. The maximum atomic E-state index is 11.2. The Morgan fingerprint density at radius 2 is 1.34 bits per heavy atom. The molecule has 11 nitrogen and oxygen atoms in total. The molecule has 0 spiro atoms. The van der Waals surface area contributed by atoms with E-state index < -0.39 is 74.1 Å². The molecule has 9 N–H and O–H groups in total. The standard InChI is InChI=1S/C21H40N2O9/c1-8-4-9(2)19(32-21-16(27)14(23)15(26)13(7-24)30-21)17(28)18(8)31-20-10(3)5-11(25)12(6-22)29-20/h8-21,24-28H,4-7,22-23H2,1-3H3. The minimum atomic E-state index is -1.33. The van der Waals surface area contributed by atoms with E-state index in [4.69, 9.17) is 30.4 Å². The normalized spacial score (nSPS) is 52.7. The minimum Gasteiger partial charge on any atom is -0.394 e. The molecule has 2 saturated heterocycles. The van der Waals surface area contributed by atoms with Crippen molar-refractivity contribution in [3.63, 3.8) is 0 Å². The van der Waals surface area contributed by atoms with Gasteiger partial charge in [0.25, 0.3) is 0 Å². The Hall–Kier alpha value is -0.440. The molecule has 0 aromatic carbocycles. The predicted octanol–water partition coefficient (Wildman–Crippen LogP) is -2.37. The maximum Gasteiger partial charge on any atom is 0.186 e. The zero-order valence-electron chi connectivity index (χ0n) is 18.9. The molecule has 0 aromatic rings. The van der Waals surface area contributed by atoms with E-state index in [1.807, 2.05) is 20.8 Å². The quantitative estimate of drug-likeness (QED) is 0.222. The zero-order valence-corrected chi connectivity index (χ0v) is 18.9. The molecular formula is C21H40N2O9. The molecule has 188 valence electrons. The third-order valence-electron chi connectivity index (χ3n) is 7.11. The van der Waals surface area contributed by atoms with E-state index in [1.165, 1.54) is 0 Å². The summed E-state index contributed by atoms with van der Waals surface area (Å²) in [5, 5.41) is 51.2. The van der Waals surface area contributed by atoms with Gasteiger partial charge in [-0.15, -0.1) is 0 Å². The summed E-state index contributed by atoms with van der Waals surface area (Å²) in [6, 6.07) is -1.07. The molecule has 3 rings (SSSR count). The molecule has 14 unspecified atom stereocenters. The van der Waals surface area contributed by atoms with Gasteiger partial charge in [0, 0.05) is 12.5 Å². The lowest BCUT2D eigenvalue weighted by molar-refractivity contribution is -0.324. The molecule has 14 atom stereocenters. The van der Waals surface area contributed by atoms with Crippen LogP contribution in [0.25, 0.3) is 0 Å². The van der Waals surface area contributed by atoms with E-state index in [2.05, 4.69) is 0 Å². The second kappa shape index (κ2) is 10.9. The van der Waals surface area contributed by atoms with Crippen LogP contribution in [0.3, 0.4) is 0 Å². The van der Waals surface area contributed by atoms with Crippen LogP contribution in [0, 0.1) is 17.8 Å². The summed E-state index contributed by atoms with van der Waals surface area (Å²) in [4.78, 5) is 0. The van der Waals surface area contributed by atoms with Crippen molar-refractivity contribution in [1.29, 1.82) is 0 Å². The fraction of sp³-hybridized carbons (Fsp3) is 1.00. The highest BCUT2D eigenvalue weighted by Crippen LogP contribution is 2.38. The van der Waals surface area contributed by atoms with Crippen LogP contribution in [0.2, 0.25) is 0 Å². The Morgan fingerprint density at radius 3 is 1.91 bits per heavy atom. The van der Waals surface area contributed by atoms with Crippen LogP contribution in [-0.4, -0.2) is 106 Å². The van der Waals surface area contributed by atoms with Crippen molar-refractivity contribution in [2.45, 2.75) is 101 Å². The second-order valence-electron chi connectivity index (χ2n) is 9.73. The van der Waals surface area contributed by atoms with Crippen LogP contribution in [0.15, 0.2) is 0 Å². The number of ether oxygens (including phenoxy) is 4. The van der Waals surface area contributed by atoms with Crippen molar-refractivity contribution < 1.29 is 44.5 Å². The van der Waals surface area contributed by atoms with Crippen LogP contribution in [0.4, 0.5) is 0 Å². The smallest absolute Gasteiger partial charge is 0.186 e. The van der Waals surface area contributed by atoms with Gasteiger partial charge in [0.15, 0.2) is 12.6 Å². The monoisotopic (exact) mass is 464 g/mol. The van der Waals surface area contributed by atoms with Gasteiger partial charge in [0.05, 0.1) is 37.1 Å². The van der Waals surface area contributed by atoms with Crippen LogP contribution >= 0.6 is 0 Å². The van der Waals surface area contributed by atoms with E-state index in [0.717, 1.165) is 0 Å². The molecule has 1 aliphatic carbocycles. The number of rotatable bonds is 6. The lowest BCUT2D eigenvalue weighted by Crippen LogP contribution is -2.64. The maximum absolute atomic E-state index is 11.2. The van der Waals surface area contributed by atoms with Gasteiger partial charge < -0.3 is 55.9 Å². The molecule has 0 amide bonds. The lowest BCUT2D eigenvalue weighted by Gasteiger charge is -2.48. The van der Waals surface area contributed by atoms with Crippen molar-refractivity contribution in [2.75, 3.05) is 13.2 Å². The summed E-state index contributed by atoms with van der Waals surface area (Å²) in [6.07, 6.45) is -7.90. The van der Waals surface area contributed by atoms with Gasteiger partial charge in [-0.1, -0.05) is 20.8 Å². The second-order valence-corrected chi connectivity index (χ2v) is 9.73. The van der Waals surface area contributed by atoms with Crippen molar-refractivity contribution in [1.82, 2.24) is 0 Å². The Kier molecular flexibility index (Phi) is 8.89. The van der Waals surface area contributed by atoms with Crippen molar-refractivity contribution in [3.8, 4) is 0 Å². The molecule has 0 bridgehead atoms. The number of hydrogen-bond donors (Lipinski definition) is 7. The summed E-state index contributed by atoms with van der Waals surface area (Å²) in [5.74, 6) is -0.195. The summed E-state index contributed by atoms with van der Waals surface area (Å²) in [7, 11) is 0. The van der Waals surface area contributed by atoms with E-state index in [1.54, 1.807) is 0 Å². The van der Waals surface area contributed by atoms with Crippen molar-refractivity contribution in [3.05, 3.63) is 0 Å². The number of aliphatic hydroxyl groups excluding tert-OH is 5. The molecular weight excluding hydrogens is 424 g/mol. The van der Waals surface area contributed by atoms with E-state index >= 15 is 0 Å². The van der Waals surface area contributed by atoms with Crippen LogP contribution in [-0.2, 0) is 18.9 Å². The Labute approximate surface area is 188 Å². The molecule has 1 saturated carbocycles. The van der Waals surface area contributed by atoms with E-state index in [-0.39, 0.29) is 24.3 Å². The largest absolute Gasteiger partial charge is 0.394 e. The number of aliphatic hydroxyl groups is 5. The molecule has 3 fully saturated rings. The van der Waals surface area contributed by atoms with Gasteiger partial charge in [0.2, 0.25) is 0 Å². The Bertz CT molecular complexity index is 600. The predicted molar refractivity (Wildman–Crippen MR) is 112 cm³/mol. The van der Waals surface area contributed by atoms with Crippen molar-refractivity contribution in [2.24, 2.45) is 29.2 Å². The molecule has 3 aliphatic rings. The summed E-state index contributed by atoms with van der Waals surface area (Å²) < 4.78 is 23.6. The average Bonchev–Trinajstić information content (AvgIpc) is 2.75. The zero-order chi connectivity index (χ0) is 23.7. The van der Waals surface area contributed by atoms with Gasteiger partial charge in [-0.05, 0) is 24.7 Å². The fourth-order valence-electron chi connectivity index (χ4n) is 5.10. The molecule has 2 aliphatic heterocycles. The first-order valence-electron chi connectivity index (χ1n) is 11.5. The SMILES string of the molecule is CC1CC(O)C(CN)OC1OC1C(C)CC(C)C(OC2OC(CO)C(O)C(N)C2O)C1O. The number of hydrogen-bond acceptors (Lipinski definition) is 11. The lowest BCUT2D eigenvalue weighted by atomic mass is 9.77. The third-order valence-corrected chi connectivity index (χ3v) is 7.11. The van der Waals surface area contributed by atoms with Crippen molar-refractivity contribution >= 4 is 0 Å². The van der Waals surface area contributed by atoms with Crippen LogP contribution in [0.1, 0.15) is 33.6 Å². The highest BCUT2D eigenvalue weighted by atomic mass is 16.7. The molecule has 11 heteroatoms. The Balaban J connectivity index is 1.70. The van der Waals surface area contributed by atoms with Crippen LogP contribution < -0.4 is 11.5 Å². The minimum absolute atomic E-state index is 0.00899. The number of nitrogens with two attached hydrogens (primary N) is 2. The molecule has 0 aromatic heterocycles. The van der Waals surface area contributed by atoms with Crippen LogP contribution in [0.5, 0.6) is 0 Å². The first-order chi connectivity index (χ1) is 15.1. The van der Waals surface area contributed by atoms with E-state index in [9.17, 15) is 25.5 Å². The fourth-order valence-corrected chi connectivity index (χ4v) is 5.10. The topological polar surface area (TPSA) is 190 Å². The van der Waals surface area contributed by atoms with E-state index in [0.29, 0.717) is 12.8 Å². The molecule has 2 heterocycles. The summed E-state index contributed by atoms with van der Waals surface area (Å²) >= 11 is 0. The summed E-state index contributed by atoms with van der Waals surface area (Å²) in [5.41, 5.74) is 11.6. The van der Waals surface area contributed by atoms with Gasteiger partial charge >= 0.3 is 0 Å². The van der Waals surface area contributed by atoms with Gasteiger partial charge in [-0.2, -0.15) is 0 Å². The van der Waals surface area contributed by atoms with Gasteiger partial charge in [-0.3, -0.25) is 0 Å².